The number of sulfonamides is 1. The van der Waals surface area contributed by atoms with E-state index in [1.807, 2.05) is 18.4 Å². The molecule has 3 N–H and O–H groups in total. The van der Waals surface area contributed by atoms with Gasteiger partial charge in [-0.2, -0.15) is 0 Å². The number of aromatic nitrogens is 3. The minimum Gasteiger partial charge on any atom is -0.357 e. The molecule has 23 heavy (non-hydrogen) atoms. The van der Waals surface area contributed by atoms with E-state index in [1.165, 1.54) is 0 Å². The Kier molecular flexibility index (Phi) is 8.56. The van der Waals surface area contributed by atoms with Gasteiger partial charge in [0.15, 0.2) is 5.96 Å². The van der Waals surface area contributed by atoms with Crippen molar-refractivity contribution in [3.63, 3.8) is 0 Å². The van der Waals surface area contributed by atoms with Crippen molar-refractivity contribution in [2.24, 2.45) is 4.99 Å². The van der Waals surface area contributed by atoms with E-state index in [-0.39, 0.29) is 0 Å². The van der Waals surface area contributed by atoms with Crippen LogP contribution in [0.3, 0.4) is 0 Å². The van der Waals surface area contributed by atoms with Crippen molar-refractivity contribution in [3.05, 3.63) is 12.2 Å². The summed E-state index contributed by atoms with van der Waals surface area (Å²) in [6, 6.07) is 0. The smallest absolute Gasteiger partial charge is 0.208 e. The van der Waals surface area contributed by atoms with E-state index >= 15 is 0 Å². The first-order valence-electron chi connectivity index (χ1n) is 7.79. The molecular formula is C13H27N7O2S. The highest BCUT2D eigenvalue weighted by atomic mass is 32.2. The normalized spacial score (nSPS) is 12.4. The number of hydrogen-bond donors (Lipinski definition) is 3. The molecular weight excluding hydrogens is 318 g/mol. The highest BCUT2D eigenvalue weighted by Gasteiger charge is 2.02. The van der Waals surface area contributed by atoms with Crippen molar-refractivity contribution in [2.75, 3.05) is 32.4 Å². The van der Waals surface area contributed by atoms with Gasteiger partial charge >= 0.3 is 0 Å². The molecule has 0 saturated carbocycles. The van der Waals surface area contributed by atoms with Gasteiger partial charge in [-0.3, -0.25) is 4.99 Å². The molecule has 0 aliphatic rings. The van der Waals surface area contributed by atoms with Crippen LogP contribution in [0.2, 0.25) is 0 Å². The minimum absolute atomic E-state index is 0.391. The molecule has 0 aromatic carbocycles. The molecule has 0 saturated heterocycles. The quantitative estimate of drug-likeness (QED) is 0.295. The number of nitrogens with zero attached hydrogens (tertiary/aromatic N) is 4. The second-order valence-electron chi connectivity index (χ2n) is 5.00. The average Bonchev–Trinajstić information content (AvgIpc) is 2.93. The Morgan fingerprint density at radius 3 is 2.74 bits per heavy atom. The molecule has 132 valence electrons. The number of rotatable bonds is 10. The predicted molar refractivity (Wildman–Crippen MR) is 90.8 cm³/mol. The van der Waals surface area contributed by atoms with Crippen LogP contribution in [0.1, 0.15) is 26.1 Å². The van der Waals surface area contributed by atoms with Crippen LogP contribution in [-0.4, -0.2) is 61.6 Å². The molecule has 0 unspecified atom stereocenters. The van der Waals surface area contributed by atoms with Gasteiger partial charge in [0, 0.05) is 39.1 Å². The van der Waals surface area contributed by atoms with E-state index in [1.54, 1.807) is 6.33 Å². The SMILES string of the molecule is CCNC(=NCCCNS(C)(=O)=O)NCCn1cnnc1CC. The molecule has 9 nitrogen and oxygen atoms in total. The number of hydrogen-bond acceptors (Lipinski definition) is 5. The maximum absolute atomic E-state index is 11.0. The summed E-state index contributed by atoms with van der Waals surface area (Å²) in [6.45, 7) is 7.21. The minimum atomic E-state index is -3.13. The van der Waals surface area contributed by atoms with Crippen LogP contribution < -0.4 is 15.4 Å². The first-order chi connectivity index (χ1) is 11.0. The third kappa shape index (κ3) is 8.50. The first-order valence-corrected chi connectivity index (χ1v) is 9.69. The third-order valence-electron chi connectivity index (χ3n) is 2.97. The zero-order valence-corrected chi connectivity index (χ0v) is 14.9. The van der Waals surface area contributed by atoms with Crippen LogP contribution in [0.15, 0.2) is 11.3 Å². The van der Waals surface area contributed by atoms with Gasteiger partial charge < -0.3 is 15.2 Å². The Morgan fingerprint density at radius 1 is 1.30 bits per heavy atom. The molecule has 10 heteroatoms. The fourth-order valence-corrected chi connectivity index (χ4v) is 2.42. The van der Waals surface area contributed by atoms with Crippen LogP contribution in [0.25, 0.3) is 0 Å². The van der Waals surface area contributed by atoms with Crippen molar-refractivity contribution in [3.8, 4) is 0 Å². The molecule has 0 fully saturated rings. The molecule has 1 aromatic heterocycles. The maximum atomic E-state index is 11.0. The van der Waals surface area contributed by atoms with Crippen LogP contribution in [-0.2, 0) is 23.0 Å². The van der Waals surface area contributed by atoms with Gasteiger partial charge in [-0.25, -0.2) is 13.1 Å². The summed E-state index contributed by atoms with van der Waals surface area (Å²) in [5.74, 6) is 1.68. The van der Waals surface area contributed by atoms with Crippen molar-refractivity contribution >= 4 is 16.0 Å². The summed E-state index contributed by atoms with van der Waals surface area (Å²) in [7, 11) is -3.13. The van der Waals surface area contributed by atoms with E-state index in [0.717, 1.165) is 37.6 Å². The molecule has 0 atom stereocenters. The van der Waals surface area contributed by atoms with Crippen LogP contribution in [0, 0.1) is 0 Å². The Labute approximate surface area is 138 Å². The van der Waals surface area contributed by atoms with Crippen molar-refractivity contribution < 1.29 is 8.42 Å². The summed E-state index contributed by atoms with van der Waals surface area (Å²) >= 11 is 0. The van der Waals surface area contributed by atoms with E-state index < -0.39 is 10.0 Å². The highest BCUT2D eigenvalue weighted by molar-refractivity contribution is 7.88. The lowest BCUT2D eigenvalue weighted by Crippen LogP contribution is -2.39. The second kappa shape index (κ2) is 10.2. The lowest BCUT2D eigenvalue weighted by molar-refractivity contribution is 0.585. The van der Waals surface area contributed by atoms with Crippen molar-refractivity contribution in [1.82, 2.24) is 30.1 Å². The lowest BCUT2D eigenvalue weighted by atomic mass is 10.4. The zero-order valence-electron chi connectivity index (χ0n) is 14.0. The fourth-order valence-electron chi connectivity index (χ4n) is 1.90. The standard InChI is InChI=1S/C13H27N7O2S/c1-4-12-19-17-11-20(12)10-9-16-13(14-5-2)15-7-6-8-18-23(3,21)22/h11,18H,4-10H2,1-3H3,(H2,14,15,16). The van der Waals surface area contributed by atoms with Gasteiger partial charge in [-0.15, -0.1) is 10.2 Å². The van der Waals surface area contributed by atoms with Crippen LogP contribution in [0.4, 0.5) is 0 Å². The van der Waals surface area contributed by atoms with E-state index in [2.05, 4.69) is 30.5 Å². The maximum Gasteiger partial charge on any atom is 0.208 e. The molecule has 1 aromatic rings. The number of guanidine groups is 1. The van der Waals surface area contributed by atoms with Crippen molar-refractivity contribution in [2.45, 2.75) is 33.2 Å². The molecule has 0 spiro atoms. The largest absolute Gasteiger partial charge is 0.357 e. The third-order valence-corrected chi connectivity index (χ3v) is 3.70. The zero-order chi connectivity index (χ0) is 17.1. The Morgan fingerprint density at radius 2 is 2.09 bits per heavy atom. The van der Waals surface area contributed by atoms with Crippen molar-refractivity contribution in [1.29, 1.82) is 0 Å². The van der Waals surface area contributed by atoms with Crippen LogP contribution in [0.5, 0.6) is 0 Å². The number of aryl methyl sites for hydroxylation is 1. The van der Waals surface area contributed by atoms with Gasteiger partial charge in [-0.05, 0) is 13.3 Å². The van der Waals surface area contributed by atoms with Gasteiger partial charge in [0.2, 0.25) is 10.0 Å². The molecule has 0 aliphatic carbocycles. The lowest BCUT2D eigenvalue weighted by Gasteiger charge is -2.12. The first kappa shape index (κ1) is 19.4. The number of aliphatic imine (C=N–C) groups is 1. The molecule has 1 rings (SSSR count). The molecule has 0 radical (unpaired) electrons. The Balaban J connectivity index is 2.34. The van der Waals surface area contributed by atoms with E-state index in [9.17, 15) is 8.42 Å². The summed E-state index contributed by atoms with van der Waals surface area (Å²) in [4.78, 5) is 4.41. The Hall–Kier alpha value is -1.68. The van der Waals surface area contributed by atoms with E-state index in [4.69, 9.17) is 0 Å². The van der Waals surface area contributed by atoms with Gasteiger partial charge in [0.1, 0.15) is 12.2 Å². The summed E-state index contributed by atoms with van der Waals surface area (Å²) < 4.78 is 26.4. The second-order valence-corrected chi connectivity index (χ2v) is 6.83. The Bertz CT molecular complexity index is 583. The fraction of sp³-hybridized carbons (Fsp3) is 0.769. The summed E-state index contributed by atoms with van der Waals surface area (Å²) in [5, 5.41) is 14.3. The molecule has 1 heterocycles. The topological polar surface area (TPSA) is 113 Å². The number of nitrogens with one attached hydrogen (secondary N) is 3. The van der Waals surface area contributed by atoms with Gasteiger partial charge in [0.25, 0.3) is 0 Å². The molecule has 0 bridgehead atoms. The highest BCUT2D eigenvalue weighted by Crippen LogP contribution is 1.94. The molecule has 0 aliphatic heterocycles. The summed E-state index contributed by atoms with van der Waals surface area (Å²) in [6.07, 6.45) is 4.37. The van der Waals surface area contributed by atoms with E-state index in [0.29, 0.717) is 26.1 Å². The van der Waals surface area contributed by atoms with Gasteiger partial charge in [0.05, 0.1) is 6.26 Å². The summed E-state index contributed by atoms with van der Waals surface area (Å²) in [5.41, 5.74) is 0. The predicted octanol–water partition coefficient (Wildman–Crippen LogP) is -0.665. The molecule has 0 amide bonds. The van der Waals surface area contributed by atoms with Crippen LogP contribution >= 0.6 is 0 Å². The average molecular weight is 345 g/mol. The monoisotopic (exact) mass is 345 g/mol. The van der Waals surface area contributed by atoms with Gasteiger partial charge in [-0.1, -0.05) is 6.92 Å².